The Bertz CT molecular complexity index is 746. The zero-order valence-electron chi connectivity index (χ0n) is 15.5. The third-order valence-corrected chi connectivity index (χ3v) is 5.09. The minimum atomic E-state index is -0.635. The predicted molar refractivity (Wildman–Crippen MR) is 103 cm³/mol. The third-order valence-electron chi connectivity index (χ3n) is 3.15. The third kappa shape index (κ3) is 7.53. The lowest BCUT2D eigenvalue weighted by molar-refractivity contribution is -0.153. The molecule has 0 radical (unpaired) electrons. The van der Waals surface area contributed by atoms with Crippen LogP contribution >= 0.6 is 22.7 Å². The molecule has 0 aliphatic heterocycles. The summed E-state index contributed by atoms with van der Waals surface area (Å²) in [7, 11) is 0. The average molecular weight is 397 g/mol. The van der Waals surface area contributed by atoms with Gasteiger partial charge in [-0.25, -0.2) is 9.78 Å². The Kier molecular flexibility index (Phi) is 7.16. The van der Waals surface area contributed by atoms with Crippen LogP contribution in [-0.4, -0.2) is 29.2 Å². The maximum Gasteiger partial charge on any atom is 0.407 e. The second-order valence-corrected chi connectivity index (χ2v) is 9.06. The van der Waals surface area contributed by atoms with Crippen molar-refractivity contribution in [1.82, 2.24) is 10.3 Å². The lowest BCUT2D eigenvalue weighted by Crippen LogP contribution is -2.34. The number of aromatic nitrogens is 1. The molecule has 0 unspecified atom stereocenters. The summed E-state index contributed by atoms with van der Waals surface area (Å²) in [5.74, 6) is -0.495. The summed E-state index contributed by atoms with van der Waals surface area (Å²) >= 11 is 3.27. The molecule has 1 N–H and O–H groups in total. The van der Waals surface area contributed by atoms with Crippen molar-refractivity contribution in [2.24, 2.45) is 0 Å². The zero-order chi connectivity index (χ0) is 19.2. The lowest BCUT2D eigenvalue weighted by atomic mass is 10.2. The average Bonchev–Trinajstić information content (AvgIpc) is 3.16. The van der Waals surface area contributed by atoms with Gasteiger partial charge >= 0.3 is 12.1 Å². The highest BCUT2D eigenvalue weighted by atomic mass is 32.1. The van der Waals surface area contributed by atoms with Gasteiger partial charge in [-0.05, 0) is 52.7 Å². The molecule has 0 bridgehead atoms. The van der Waals surface area contributed by atoms with Gasteiger partial charge in [-0.2, -0.15) is 0 Å². The molecule has 6 nitrogen and oxygen atoms in total. The Hall–Kier alpha value is -1.93. The van der Waals surface area contributed by atoms with Crippen LogP contribution in [0.3, 0.4) is 0 Å². The van der Waals surface area contributed by atoms with Crippen LogP contribution in [0.25, 0.3) is 0 Å². The molecule has 2 heterocycles. The molecule has 0 atom stereocenters. The van der Waals surface area contributed by atoms with Crippen molar-refractivity contribution >= 4 is 34.7 Å². The Morgan fingerprint density at radius 3 is 2.58 bits per heavy atom. The summed E-state index contributed by atoms with van der Waals surface area (Å²) in [5, 5.41) is 5.56. The van der Waals surface area contributed by atoms with E-state index in [0.717, 1.165) is 28.4 Å². The number of rotatable bonds is 7. The number of nitrogens with one attached hydrogen (secondary N) is 1. The van der Waals surface area contributed by atoms with Crippen molar-refractivity contribution < 1.29 is 19.1 Å². The molecule has 142 valence electrons. The van der Waals surface area contributed by atoms with Gasteiger partial charge in [-0.1, -0.05) is 0 Å². The fourth-order valence-corrected chi connectivity index (χ4v) is 3.70. The number of hydrogen-bond acceptors (Lipinski definition) is 7. The molecule has 8 heteroatoms. The molecule has 2 aromatic heterocycles. The van der Waals surface area contributed by atoms with Crippen LogP contribution in [0, 0.1) is 6.92 Å². The van der Waals surface area contributed by atoms with E-state index in [1.807, 2.05) is 19.1 Å². The molecule has 1 amide bonds. The van der Waals surface area contributed by atoms with Crippen LogP contribution in [0.5, 0.6) is 0 Å². The molecule has 0 aromatic carbocycles. The molecule has 0 aliphatic rings. The van der Waals surface area contributed by atoms with Gasteiger partial charge in [-0.3, -0.25) is 4.79 Å². The number of thiophene rings is 1. The molecule has 0 saturated carbocycles. The van der Waals surface area contributed by atoms with Crippen LogP contribution in [-0.2, 0) is 33.7 Å². The van der Waals surface area contributed by atoms with E-state index in [1.54, 1.807) is 43.4 Å². The van der Waals surface area contributed by atoms with Crippen molar-refractivity contribution in [3.05, 3.63) is 38.0 Å². The van der Waals surface area contributed by atoms with E-state index in [4.69, 9.17) is 9.47 Å². The number of hydrogen-bond donors (Lipinski definition) is 1. The number of carbonyl (C=O) groups is 2. The minimum absolute atomic E-state index is 0.181. The van der Waals surface area contributed by atoms with Gasteiger partial charge in [0.2, 0.25) is 0 Å². The molecule has 2 aromatic rings. The summed E-state index contributed by atoms with van der Waals surface area (Å²) in [4.78, 5) is 29.8. The van der Waals surface area contributed by atoms with Gasteiger partial charge in [0, 0.05) is 15.1 Å². The second-order valence-electron chi connectivity index (χ2n) is 6.74. The number of nitrogens with zero attached hydrogens (tertiary/aromatic N) is 1. The van der Waals surface area contributed by atoms with Crippen LogP contribution in [0.1, 0.15) is 41.2 Å². The van der Waals surface area contributed by atoms with E-state index in [2.05, 4.69) is 15.7 Å². The Balaban J connectivity index is 1.68. The maximum atomic E-state index is 11.7. The Labute approximate surface area is 161 Å². The van der Waals surface area contributed by atoms with Gasteiger partial charge in [0.25, 0.3) is 0 Å². The van der Waals surface area contributed by atoms with Gasteiger partial charge in [-0.15, -0.1) is 22.7 Å². The fourth-order valence-electron chi connectivity index (χ4n) is 2.12. The largest absolute Gasteiger partial charge is 0.459 e. The predicted octanol–water partition coefficient (Wildman–Crippen LogP) is 3.87. The Morgan fingerprint density at radius 2 is 1.92 bits per heavy atom. The summed E-state index contributed by atoms with van der Waals surface area (Å²) in [6.07, 6.45) is 1.18. The standard InChI is InChI=1S/C18H24N2O4S2/c1-12-20-13(11-25-12)5-6-14-7-8-15(26-14)10-23-17(22)19-9-16(21)24-18(2,3)4/h7-8,11H,5-6,9-10H2,1-4H3,(H,19,22). The summed E-state index contributed by atoms with van der Waals surface area (Å²) in [5.41, 5.74) is 0.535. The van der Waals surface area contributed by atoms with Gasteiger partial charge in [0.1, 0.15) is 18.8 Å². The highest BCUT2D eigenvalue weighted by Crippen LogP contribution is 2.20. The van der Waals surface area contributed by atoms with Crippen LogP contribution in [0.15, 0.2) is 17.5 Å². The summed E-state index contributed by atoms with van der Waals surface area (Å²) in [6, 6.07) is 3.99. The number of carbonyl (C=O) groups excluding carboxylic acids is 2. The summed E-state index contributed by atoms with van der Waals surface area (Å²) in [6.45, 7) is 7.29. The van der Waals surface area contributed by atoms with E-state index >= 15 is 0 Å². The smallest absolute Gasteiger partial charge is 0.407 e. The van der Waals surface area contributed by atoms with Crippen LogP contribution in [0.4, 0.5) is 4.79 Å². The number of aryl methyl sites for hydroxylation is 3. The lowest BCUT2D eigenvalue weighted by Gasteiger charge is -2.19. The van der Waals surface area contributed by atoms with Crippen LogP contribution in [0.2, 0.25) is 0 Å². The van der Waals surface area contributed by atoms with E-state index in [-0.39, 0.29) is 13.2 Å². The number of amides is 1. The van der Waals surface area contributed by atoms with E-state index in [9.17, 15) is 9.59 Å². The first-order chi connectivity index (χ1) is 12.2. The zero-order valence-corrected chi connectivity index (χ0v) is 17.1. The van der Waals surface area contributed by atoms with Crippen molar-refractivity contribution in [1.29, 1.82) is 0 Å². The molecular formula is C18H24N2O4S2. The molecule has 26 heavy (non-hydrogen) atoms. The molecule has 0 aliphatic carbocycles. The monoisotopic (exact) mass is 396 g/mol. The quantitative estimate of drug-likeness (QED) is 0.719. The number of thiazole rings is 1. The van der Waals surface area contributed by atoms with E-state index in [0.29, 0.717) is 0 Å². The number of ether oxygens (including phenoxy) is 2. The first-order valence-electron chi connectivity index (χ1n) is 8.32. The summed E-state index contributed by atoms with van der Waals surface area (Å²) < 4.78 is 10.2. The Morgan fingerprint density at radius 1 is 1.19 bits per heavy atom. The molecule has 0 saturated heterocycles. The first-order valence-corrected chi connectivity index (χ1v) is 10.0. The van der Waals surface area contributed by atoms with E-state index < -0.39 is 17.7 Å². The molecule has 0 fully saturated rings. The molecule has 0 spiro atoms. The topological polar surface area (TPSA) is 77.5 Å². The number of esters is 1. The van der Waals surface area contributed by atoms with Crippen molar-refractivity contribution in [3.63, 3.8) is 0 Å². The van der Waals surface area contributed by atoms with Gasteiger partial charge in [0.15, 0.2) is 0 Å². The minimum Gasteiger partial charge on any atom is -0.459 e. The van der Waals surface area contributed by atoms with E-state index in [1.165, 1.54) is 4.88 Å². The maximum absolute atomic E-state index is 11.7. The first kappa shape index (κ1) is 20.4. The normalized spacial score (nSPS) is 11.2. The molecule has 2 rings (SSSR count). The second kappa shape index (κ2) is 9.14. The van der Waals surface area contributed by atoms with Crippen molar-refractivity contribution in [2.75, 3.05) is 6.54 Å². The molecular weight excluding hydrogens is 372 g/mol. The van der Waals surface area contributed by atoms with Crippen molar-refractivity contribution in [3.8, 4) is 0 Å². The van der Waals surface area contributed by atoms with Gasteiger partial charge < -0.3 is 14.8 Å². The SMILES string of the molecule is Cc1nc(CCc2ccc(COC(=O)NCC(=O)OC(C)(C)C)s2)cs1. The fraction of sp³-hybridized carbons (Fsp3) is 0.500. The van der Waals surface area contributed by atoms with Crippen molar-refractivity contribution in [2.45, 2.75) is 52.7 Å². The highest BCUT2D eigenvalue weighted by Gasteiger charge is 2.17. The highest BCUT2D eigenvalue weighted by molar-refractivity contribution is 7.12. The van der Waals surface area contributed by atoms with Gasteiger partial charge in [0.05, 0.1) is 10.7 Å². The van der Waals surface area contributed by atoms with Crippen LogP contribution < -0.4 is 5.32 Å². The number of alkyl carbamates (subject to hydrolysis) is 1.